The van der Waals surface area contributed by atoms with E-state index in [1.807, 2.05) is 39.0 Å². The number of nitrogens with zero attached hydrogens (tertiary/aromatic N) is 2. The molecule has 0 atom stereocenters. The Morgan fingerprint density at radius 2 is 1.74 bits per heavy atom. The van der Waals surface area contributed by atoms with E-state index in [-0.39, 0.29) is 12.0 Å². The maximum atomic E-state index is 12.7. The minimum absolute atomic E-state index is 0.111. The zero-order valence-corrected chi connectivity index (χ0v) is 13.0. The van der Waals surface area contributed by atoms with Crippen LogP contribution in [0.4, 0.5) is 18.9 Å². The van der Waals surface area contributed by atoms with Gasteiger partial charge in [-0.05, 0) is 31.9 Å². The molecule has 1 aromatic rings. The molecular weight excluding hydrogens is 305 g/mol. The minimum atomic E-state index is -4.95. The first-order valence-electron chi connectivity index (χ1n) is 6.92. The van der Waals surface area contributed by atoms with E-state index < -0.39 is 17.5 Å². The third kappa shape index (κ3) is 3.45. The molecule has 120 valence electrons. The van der Waals surface area contributed by atoms with E-state index in [9.17, 15) is 18.0 Å². The van der Waals surface area contributed by atoms with Gasteiger partial charge >= 0.3 is 6.18 Å². The number of Topliss-reactive ketones (excluding diaryl/α,β-unsaturated/α-hetero) is 1. The van der Waals surface area contributed by atoms with Crippen molar-refractivity contribution in [3.63, 3.8) is 0 Å². The van der Waals surface area contributed by atoms with Gasteiger partial charge in [0.1, 0.15) is 0 Å². The Balaban J connectivity index is 2.55. The normalized spacial score (nSPS) is 14.9. The Hall–Kier alpha value is -2.55. The van der Waals surface area contributed by atoms with Crippen LogP contribution < -0.4 is 4.90 Å². The first kappa shape index (κ1) is 16.8. The van der Waals surface area contributed by atoms with Crippen LogP contribution in [0.15, 0.2) is 35.7 Å². The second-order valence-corrected chi connectivity index (χ2v) is 5.58. The highest BCUT2D eigenvalue weighted by molar-refractivity contribution is 6.01. The fourth-order valence-corrected chi connectivity index (χ4v) is 2.77. The van der Waals surface area contributed by atoms with Crippen LogP contribution in [-0.4, -0.2) is 12.0 Å². The monoisotopic (exact) mass is 320 g/mol. The Bertz CT molecular complexity index is 744. The number of alkyl halides is 3. The van der Waals surface area contributed by atoms with E-state index in [2.05, 4.69) is 0 Å². The molecule has 3 nitrogen and oxygen atoms in total. The summed E-state index contributed by atoms with van der Waals surface area (Å²) in [6.45, 7) is 5.59. The van der Waals surface area contributed by atoms with Gasteiger partial charge in [-0.25, -0.2) is 0 Å². The maximum Gasteiger partial charge on any atom is 0.454 e. The summed E-state index contributed by atoms with van der Waals surface area (Å²) in [5.74, 6) is -1.91. The highest BCUT2D eigenvalue weighted by Gasteiger charge is 2.41. The second kappa shape index (κ2) is 5.92. The van der Waals surface area contributed by atoms with Crippen LogP contribution in [-0.2, 0) is 4.79 Å². The Kier molecular flexibility index (Phi) is 4.33. The second-order valence-electron chi connectivity index (χ2n) is 5.58. The van der Waals surface area contributed by atoms with Gasteiger partial charge in [-0.3, -0.25) is 4.79 Å². The number of hydrogen-bond donors (Lipinski definition) is 0. The SMILES string of the molecule is Cc1cc(C)c(N2C=C(C#N)CC(C(=O)C(F)(F)F)=C2)c(C)c1. The Labute approximate surface area is 132 Å². The van der Waals surface area contributed by atoms with Crippen LogP contribution in [0.3, 0.4) is 0 Å². The Morgan fingerprint density at radius 3 is 2.22 bits per heavy atom. The molecular formula is C17H15F3N2O. The number of rotatable bonds is 2. The number of hydrogen-bond acceptors (Lipinski definition) is 3. The molecule has 0 saturated heterocycles. The molecule has 23 heavy (non-hydrogen) atoms. The van der Waals surface area contributed by atoms with E-state index in [1.165, 1.54) is 17.3 Å². The van der Waals surface area contributed by atoms with E-state index in [0.29, 0.717) is 5.69 Å². The zero-order valence-electron chi connectivity index (χ0n) is 13.0. The fourth-order valence-electron chi connectivity index (χ4n) is 2.77. The van der Waals surface area contributed by atoms with Crippen LogP contribution in [0.5, 0.6) is 0 Å². The van der Waals surface area contributed by atoms with Crippen LogP contribution in [0.1, 0.15) is 23.1 Å². The largest absolute Gasteiger partial charge is 0.454 e. The summed E-state index contributed by atoms with van der Waals surface area (Å²) in [6, 6.07) is 5.65. The molecule has 0 saturated carbocycles. The molecule has 6 heteroatoms. The van der Waals surface area contributed by atoms with Gasteiger partial charge in [-0.1, -0.05) is 17.7 Å². The number of nitriles is 1. The highest BCUT2D eigenvalue weighted by Crippen LogP contribution is 2.33. The summed E-state index contributed by atoms with van der Waals surface area (Å²) in [5, 5.41) is 9.08. The summed E-state index contributed by atoms with van der Waals surface area (Å²) in [6.07, 6.45) is -2.62. The van der Waals surface area contributed by atoms with E-state index in [1.54, 1.807) is 0 Å². The van der Waals surface area contributed by atoms with Gasteiger partial charge in [0.15, 0.2) is 0 Å². The minimum Gasteiger partial charge on any atom is -0.322 e. The smallest absolute Gasteiger partial charge is 0.322 e. The van der Waals surface area contributed by atoms with Crippen LogP contribution in [0.2, 0.25) is 0 Å². The molecule has 0 bridgehead atoms. The first-order valence-corrected chi connectivity index (χ1v) is 6.92. The molecule has 0 spiro atoms. The fraction of sp³-hybridized carbons (Fsp3) is 0.294. The van der Waals surface area contributed by atoms with Gasteiger partial charge in [0, 0.05) is 24.4 Å². The van der Waals surface area contributed by atoms with Crippen molar-refractivity contribution in [2.24, 2.45) is 0 Å². The van der Waals surface area contributed by atoms with E-state index in [4.69, 9.17) is 5.26 Å². The lowest BCUT2D eigenvalue weighted by Gasteiger charge is -2.26. The molecule has 1 aliphatic rings. The zero-order chi connectivity index (χ0) is 17.4. The summed E-state index contributed by atoms with van der Waals surface area (Å²) in [5.41, 5.74) is 3.09. The summed E-state index contributed by atoms with van der Waals surface area (Å²) in [4.78, 5) is 13.0. The number of anilines is 1. The number of aryl methyl sites for hydroxylation is 3. The molecule has 1 heterocycles. The highest BCUT2D eigenvalue weighted by atomic mass is 19.4. The molecule has 1 aliphatic heterocycles. The van der Waals surface area contributed by atoms with Gasteiger partial charge in [0.05, 0.1) is 17.3 Å². The lowest BCUT2D eigenvalue weighted by Crippen LogP contribution is -2.28. The van der Waals surface area contributed by atoms with E-state index in [0.717, 1.165) is 16.7 Å². The number of allylic oxidation sites excluding steroid dienone is 2. The van der Waals surface area contributed by atoms with Gasteiger partial charge < -0.3 is 4.90 Å². The topological polar surface area (TPSA) is 44.1 Å². The lowest BCUT2D eigenvalue weighted by atomic mass is 9.98. The molecule has 0 fully saturated rings. The molecule has 0 radical (unpaired) electrons. The summed E-state index contributed by atoms with van der Waals surface area (Å²) < 4.78 is 38.1. The standard InChI is InChI=1S/C17H15F3N2O/c1-10-4-11(2)15(12(3)5-10)22-8-13(7-21)6-14(9-22)16(23)17(18,19)20/h4-5,8-9H,6H2,1-3H3. The molecule has 0 aliphatic carbocycles. The average Bonchev–Trinajstić information content (AvgIpc) is 2.44. The summed E-state index contributed by atoms with van der Waals surface area (Å²) >= 11 is 0. The quantitative estimate of drug-likeness (QED) is 0.818. The van der Waals surface area contributed by atoms with Crippen molar-refractivity contribution >= 4 is 11.5 Å². The van der Waals surface area contributed by atoms with Crippen molar-refractivity contribution in [2.75, 3.05) is 4.90 Å². The summed E-state index contributed by atoms with van der Waals surface area (Å²) in [7, 11) is 0. The Morgan fingerprint density at radius 1 is 1.17 bits per heavy atom. The average molecular weight is 320 g/mol. The van der Waals surface area contributed by atoms with Crippen molar-refractivity contribution in [3.8, 4) is 6.07 Å². The first-order chi connectivity index (χ1) is 10.6. The van der Waals surface area contributed by atoms with E-state index >= 15 is 0 Å². The van der Waals surface area contributed by atoms with Crippen LogP contribution >= 0.6 is 0 Å². The predicted octanol–water partition coefficient (Wildman–Crippen LogP) is 4.24. The van der Waals surface area contributed by atoms with Crippen molar-refractivity contribution in [2.45, 2.75) is 33.4 Å². The number of carbonyl (C=O) groups excluding carboxylic acids is 1. The molecule has 0 N–H and O–H groups in total. The van der Waals surface area contributed by atoms with Gasteiger partial charge in [-0.15, -0.1) is 0 Å². The number of halogens is 3. The molecule has 0 amide bonds. The molecule has 0 unspecified atom stereocenters. The van der Waals surface area contributed by atoms with Gasteiger partial charge in [-0.2, -0.15) is 18.4 Å². The van der Waals surface area contributed by atoms with Gasteiger partial charge in [0.2, 0.25) is 0 Å². The van der Waals surface area contributed by atoms with Crippen molar-refractivity contribution in [1.82, 2.24) is 0 Å². The number of ketones is 1. The molecule has 2 rings (SSSR count). The van der Waals surface area contributed by atoms with Crippen molar-refractivity contribution in [3.05, 3.63) is 52.4 Å². The maximum absolute atomic E-state index is 12.7. The molecule has 0 aromatic heterocycles. The third-order valence-electron chi connectivity index (χ3n) is 3.56. The third-order valence-corrected chi connectivity index (χ3v) is 3.56. The van der Waals surface area contributed by atoms with Crippen molar-refractivity contribution in [1.29, 1.82) is 5.26 Å². The van der Waals surface area contributed by atoms with Gasteiger partial charge in [0.25, 0.3) is 5.78 Å². The van der Waals surface area contributed by atoms with Crippen molar-refractivity contribution < 1.29 is 18.0 Å². The number of carbonyl (C=O) groups is 1. The predicted molar refractivity (Wildman–Crippen MR) is 80.6 cm³/mol. The molecule has 1 aromatic carbocycles. The van der Waals surface area contributed by atoms with Crippen LogP contribution in [0, 0.1) is 32.1 Å². The number of benzene rings is 1. The van der Waals surface area contributed by atoms with Crippen LogP contribution in [0.25, 0.3) is 0 Å². The lowest BCUT2D eigenvalue weighted by molar-refractivity contribution is -0.166.